The van der Waals surface area contributed by atoms with Gasteiger partial charge in [-0.2, -0.15) is 13.2 Å². The van der Waals surface area contributed by atoms with E-state index in [0.717, 1.165) is 12.0 Å². The second-order valence-electron chi connectivity index (χ2n) is 6.58. The SMILES string of the molecule is CN(C)C(=O)CN(CCc1cccc(OCC(F)(F)F)c1)C1CCOC1.Cl. The maximum atomic E-state index is 12.3. The first-order valence-corrected chi connectivity index (χ1v) is 8.55. The smallest absolute Gasteiger partial charge is 0.422 e. The number of amides is 1. The summed E-state index contributed by atoms with van der Waals surface area (Å²) >= 11 is 0. The molecule has 1 aliphatic heterocycles. The molecular weight excluding hydrogens is 385 g/mol. The van der Waals surface area contributed by atoms with E-state index in [-0.39, 0.29) is 30.1 Å². The van der Waals surface area contributed by atoms with E-state index in [4.69, 9.17) is 9.47 Å². The van der Waals surface area contributed by atoms with Crippen molar-refractivity contribution in [1.29, 1.82) is 0 Å². The van der Waals surface area contributed by atoms with Crippen molar-refractivity contribution in [2.45, 2.75) is 25.1 Å². The van der Waals surface area contributed by atoms with E-state index in [1.807, 2.05) is 6.07 Å². The van der Waals surface area contributed by atoms with Gasteiger partial charge in [0.15, 0.2) is 6.61 Å². The Bertz CT molecular complexity index is 593. The molecule has 0 aliphatic carbocycles. The van der Waals surface area contributed by atoms with Gasteiger partial charge in [-0.05, 0) is 30.5 Å². The zero-order chi connectivity index (χ0) is 19.2. The van der Waals surface area contributed by atoms with Crippen molar-refractivity contribution in [1.82, 2.24) is 9.80 Å². The van der Waals surface area contributed by atoms with Gasteiger partial charge in [-0.3, -0.25) is 9.69 Å². The van der Waals surface area contributed by atoms with Gasteiger partial charge >= 0.3 is 6.18 Å². The molecule has 5 nitrogen and oxygen atoms in total. The Morgan fingerprint density at radius 1 is 1.33 bits per heavy atom. The minimum atomic E-state index is -4.36. The van der Waals surface area contributed by atoms with Crippen molar-refractivity contribution in [3.8, 4) is 5.75 Å². The van der Waals surface area contributed by atoms with Crippen LogP contribution in [0, 0.1) is 0 Å². The summed E-state index contributed by atoms with van der Waals surface area (Å²) in [6, 6.07) is 6.83. The lowest BCUT2D eigenvalue weighted by atomic mass is 10.1. The zero-order valence-electron chi connectivity index (χ0n) is 15.5. The number of likely N-dealkylation sites (N-methyl/N-ethyl adjacent to an activating group) is 1. The van der Waals surface area contributed by atoms with Crippen LogP contribution in [-0.4, -0.2) is 74.9 Å². The highest BCUT2D eigenvalue weighted by atomic mass is 35.5. The second-order valence-corrected chi connectivity index (χ2v) is 6.58. The van der Waals surface area contributed by atoms with Crippen molar-refractivity contribution in [2.24, 2.45) is 0 Å². The van der Waals surface area contributed by atoms with E-state index >= 15 is 0 Å². The Labute approximate surface area is 163 Å². The lowest BCUT2D eigenvalue weighted by Gasteiger charge is -2.28. The predicted octanol–water partition coefficient (Wildman–Crippen LogP) is 2.77. The van der Waals surface area contributed by atoms with Crippen molar-refractivity contribution in [3.05, 3.63) is 29.8 Å². The first kappa shape index (κ1) is 23.5. The third-order valence-electron chi connectivity index (χ3n) is 4.25. The molecule has 0 saturated carbocycles. The molecule has 154 valence electrons. The van der Waals surface area contributed by atoms with Gasteiger partial charge in [0.05, 0.1) is 13.2 Å². The molecule has 1 aliphatic rings. The van der Waals surface area contributed by atoms with Gasteiger partial charge in [0.25, 0.3) is 0 Å². The van der Waals surface area contributed by atoms with Crippen LogP contribution in [0.25, 0.3) is 0 Å². The highest BCUT2D eigenvalue weighted by Gasteiger charge is 2.28. The molecule has 1 aromatic carbocycles. The van der Waals surface area contributed by atoms with Crippen LogP contribution in [0.3, 0.4) is 0 Å². The molecule has 9 heteroatoms. The lowest BCUT2D eigenvalue weighted by molar-refractivity contribution is -0.153. The number of benzene rings is 1. The number of hydrogen-bond donors (Lipinski definition) is 0. The summed E-state index contributed by atoms with van der Waals surface area (Å²) < 4.78 is 47.0. The van der Waals surface area contributed by atoms with Gasteiger partial charge in [0.2, 0.25) is 5.91 Å². The Morgan fingerprint density at radius 3 is 2.67 bits per heavy atom. The molecule has 0 radical (unpaired) electrons. The molecule has 0 spiro atoms. The minimum absolute atomic E-state index is 0. The molecule has 1 amide bonds. The van der Waals surface area contributed by atoms with Gasteiger partial charge < -0.3 is 14.4 Å². The molecule has 0 aromatic heterocycles. The Kier molecular flexibility index (Phi) is 9.35. The normalized spacial score (nSPS) is 16.9. The van der Waals surface area contributed by atoms with Crippen molar-refractivity contribution in [2.75, 3.05) is 47.0 Å². The summed E-state index contributed by atoms with van der Waals surface area (Å²) in [5.41, 5.74) is 0.867. The number of carbonyl (C=O) groups is 1. The molecule has 1 saturated heterocycles. The van der Waals surface area contributed by atoms with Gasteiger partial charge in [0.1, 0.15) is 5.75 Å². The fourth-order valence-corrected chi connectivity index (χ4v) is 2.74. The number of alkyl halides is 3. The molecule has 27 heavy (non-hydrogen) atoms. The summed E-state index contributed by atoms with van der Waals surface area (Å²) in [7, 11) is 3.43. The molecule has 1 heterocycles. The van der Waals surface area contributed by atoms with E-state index in [1.165, 1.54) is 6.07 Å². The highest BCUT2D eigenvalue weighted by Crippen LogP contribution is 2.20. The van der Waals surface area contributed by atoms with Crippen molar-refractivity contribution >= 4 is 18.3 Å². The van der Waals surface area contributed by atoms with E-state index in [0.29, 0.717) is 32.7 Å². The molecule has 0 bridgehead atoms. The lowest BCUT2D eigenvalue weighted by Crippen LogP contribution is -2.44. The maximum Gasteiger partial charge on any atom is 0.422 e. The third kappa shape index (κ3) is 8.36. The molecule has 1 unspecified atom stereocenters. The molecular formula is C18H26ClF3N2O3. The average Bonchev–Trinajstić information content (AvgIpc) is 3.10. The van der Waals surface area contributed by atoms with Crippen LogP contribution in [0.1, 0.15) is 12.0 Å². The average molecular weight is 411 g/mol. The number of nitrogens with zero attached hydrogens (tertiary/aromatic N) is 2. The van der Waals surface area contributed by atoms with E-state index in [1.54, 1.807) is 31.1 Å². The van der Waals surface area contributed by atoms with Gasteiger partial charge in [0, 0.05) is 33.3 Å². The molecule has 1 fully saturated rings. The molecule has 1 aromatic rings. The van der Waals surface area contributed by atoms with Crippen molar-refractivity contribution < 1.29 is 27.4 Å². The number of carbonyl (C=O) groups excluding carboxylic acids is 1. The number of hydrogen-bond acceptors (Lipinski definition) is 4. The number of ether oxygens (including phenoxy) is 2. The summed E-state index contributed by atoms with van der Waals surface area (Å²) in [6.45, 7) is 0.883. The van der Waals surface area contributed by atoms with Crippen LogP contribution in [0.2, 0.25) is 0 Å². The zero-order valence-corrected chi connectivity index (χ0v) is 16.3. The predicted molar refractivity (Wildman–Crippen MR) is 98.4 cm³/mol. The Hall–Kier alpha value is -1.51. The van der Waals surface area contributed by atoms with Crippen LogP contribution in [0.4, 0.5) is 13.2 Å². The first-order valence-electron chi connectivity index (χ1n) is 8.55. The van der Waals surface area contributed by atoms with Crippen LogP contribution in [0.5, 0.6) is 5.75 Å². The maximum absolute atomic E-state index is 12.3. The largest absolute Gasteiger partial charge is 0.484 e. The quantitative estimate of drug-likeness (QED) is 0.661. The van der Waals surface area contributed by atoms with E-state index in [9.17, 15) is 18.0 Å². The van der Waals surface area contributed by atoms with Gasteiger partial charge in [-0.15, -0.1) is 12.4 Å². The summed E-state index contributed by atoms with van der Waals surface area (Å²) in [4.78, 5) is 15.7. The van der Waals surface area contributed by atoms with Gasteiger partial charge in [-0.25, -0.2) is 0 Å². The Balaban J connectivity index is 0.00000364. The number of halogens is 4. The number of rotatable bonds is 8. The van der Waals surface area contributed by atoms with E-state index < -0.39 is 12.8 Å². The topological polar surface area (TPSA) is 42.0 Å². The van der Waals surface area contributed by atoms with E-state index in [2.05, 4.69) is 4.90 Å². The highest BCUT2D eigenvalue weighted by molar-refractivity contribution is 5.85. The van der Waals surface area contributed by atoms with Crippen LogP contribution in [-0.2, 0) is 16.0 Å². The first-order chi connectivity index (χ1) is 12.2. The fraction of sp³-hybridized carbons (Fsp3) is 0.611. The monoisotopic (exact) mass is 410 g/mol. The van der Waals surface area contributed by atoms with Crippen LogP contribution < -0.4 is 4.74 Å². The van der Waals surface area contributed by atoms with Crippen LogP contribution >= 0.6 is 12.4 Å². The van der Waals surface area contributed by atoms with Gasteiger partial charge in [-0.1, -0.05) is 12.1 Å². The third-order valence-corrected chi connectivity index (χ3v) is 4.25. The summed E-state index contributed by atoms with van der Waals surface area (Å²) in [5.74, 6) is 0.208. The van der Waals surface area contributed by atoms with Crippen LogP contribution in [0.15, 0.2) is 24.3 Å². The molecule has 0 N–H and O–H groups in total. The summed E-state index contributed by atoms with van der Waals surface area (Å²) in [6.07, 6.45) is -2.88. The summed E-state index contributed by atoms with van der Waals surface area (Å²) in [5, 5.41) is 0. The fourth-order valence-electron chi connectivity index (χ4n) is 2.74. The molecule has 2 rings (SSSR count). The second kappa shape index (κ2) is 10.7. The standard InChI is InChI=1S/C18H25F3N2O3.ClH/c1-22(2)17(24)11-23(15-7-9-25-12-15)8-6-14-4-3-5-16(10-14)26-13-18(19,20)21;/h3-5,10,15H,6-9,11-13H2,1-2H3;1H. The minimum Gasteiger partial charge on any atom is -0.484 e. The van der Waals surface area contributed by atoms with Crippen molar-refractivity contribution in [3.63, 3.8) is 0 Å². The molecule has 1 atom stereocenters. The Morgan fingerprint density at radius 2 is 2.07 bits per heavy atom.